The average molecular weight is 402 g/mol. The molecule has 0 fully saturated rings. The molecule has 3 rings (SSSR count). The Labute approximate surface area is 177 Å². The summed E-state index contributed by atoms with van der Waals surface area (Å²) in [5.74, 6) is 0.456. The van der Waals surface area contributed by atoms with Crippen LogP contribution in [0.2, 0.25) is 0 Å². The van der Waals surface area contributed by atoms with Crippen molar-refractivity contribution in [1.82, 2.24) is 4.90 Å². The van der Waals surface area contributed by atoms with Crippen molar-refractivity contribution in [3.63, 3.8) is 0 Å². The summed E-state index contributed by atoms with van der Waals surface area (Å²) in [6.07, 6.45) is 0. The number of carbonyl (C=O) groups is 2. The molecule has 1 N–H and O–H groups in total. The van der Waals surface area contributed by atoms with Gasteiger partial charge in [-0.1, -0.05) is 42.5 Å². The van der Waals surface area contributed by atoms with E-state index in [2.05, 4.69) is 5.32 Å². The van der Waals surface area contributed by atoms with Gasteiger partial charge in [-0.15, -0.1) is 0 Å². The summed E-state index contributed by atoms with van der Waals surface area (Å²) in [5.41, 5.74) is 2.46. The Morgan fingerprint density at radius 1 is 0.867 bits per heavy atom. The fraction of sp³-hybridized carbons (Fsp3) is 0.200. The molecule has 0 aliphatic heterocycles. The molecule has 0 radical (unpaired) electrons. The summed E-state index contributed by atoms with van der Waals surface area (Å²) in [4.78, 5) is 27.2. The second kappa shape index (κ2) is 10.3. The van der Waals surface area contributed by atoms with E-state index in [9.17, 15) is 9.59 Å². The van der Waals surface area contributed by atoms with Crippen molar-refractivity contribution in [2.45, 2.75) is 20.5 Å². The molecule has 5 heteroatoms. The van der Waals surface area contributed by atoms with Gasteiger partial charge >= 0.3 is 0 Å². The van der Waals surface area contributed by atoms with Crippen LogP contribution >= 0.6 is 0 Å². The number of benzene rings is 3. The molecule has 0 spiro atoms. The van der Waals surface area contributed by atoms with Crippen LogP contribution in [0.25, 0.3) is 0 Å². The molecule has 0 aromatic heterocycles. The molecule has 5 nitrogen and oxygen atoms in total. The molecule has 30 heavy (non-hydrogen) atoms. The Kier molecular flexibility index (Phi) is 7.22. The van der Waals surface area contributed by atoms with Crippen molar-refractivity contribution in [3.05, 3.63) is 95.6 Å². The fourth-order valence-corrected chi connectivity index (χ4v) is 3.17. The number of nitrogens with one attached hydrogen (secondary N) is 1. The molecule has 0 unspecified atom stereocenters. The zero-order valence-electron chi connectivity index (χ0n) is 17.3. The lowest BCUT2D eigenvalue weighted by molar-refractivity contribution is 0.0772. The van der Waals surface area contributed by atoms with Crippen molar-refractivity contribution < 1.29 is 14.3 Å². The highest BCUT2D eigenvalue weighted by Gasteiger charge is 2.15. The highest BCUT2D eigenvalue weighted by Crippen LogP contribution is 2.18. The van der Waals surface area contributed by atoms with Crippen molar-refractivity contribution in [2.75, 3.05) is 18.4 Å². The van der Waals surface area contributed by atoms with E-state index in [-0.39, 0.29) is 18.4 Å². The summed E-state index contributed by atoms with van der Waals surface area (Å²) >= 11 is 0. The Morgan fingerprint density at radius 2 is 1.57 bits per heavy atom. The molecule has 2 amide bonds. The number of anilines is 1. The van der Waals surface area contributed by atoms with E-state index in [1.165, 1.54) is 0 Å². The Hall–Kier alpha value is -3.60. The third kappa shape index (κ3) is 5.26. The van der Waals surface area contributed by atoms with Crippen molar-refractivity contribution >= 4 is 17.5 Å². The SMILES string of the molecule is CCN(CC)C(=O)c1cccc(NC(=O)c2ccccc2COc2ccccc2)c1. The summed E-state index contributed by atoms with van der Waals surface area (Å²) in [5, 5.41) is 2.90. The van der Waals surface area contributed by atoms with E-state index < -0.39 is 0 Å². The second-order valence-electron chi connectivity index (χ2n) is 6.77. The maximum Gasteiger partial charge on any atom is 0.256 e. The van der Waals surface area contributed by atoms with E-state index in [0.29, 0.717) is 29.9 Å². The van der Waals surface area contributed by atoms with Gasteiger partial charge < -0.3 is 15.0 Å². The minimum Gasteiger partial charge on any atom is -0.489 e. The van der Waals surface area contributed by atoms with Crippen LogP contribution in [0.15, 0.2) is 78.9 Å². The molecule has 0 bridgehead atoms. The lowest BCUT2D eigenvalue weighted by atomic mass is 10.1. The molecular formula is C25H26N2O3. The smallest absolute Gasteiger partial charge is 0.256 e. The highest BCUT2D eigenvalue weighted by atomic mass is 16.5. The number of nitrogens with zero attached hydrogens (tertiary/aromatic N) is 1. The largest absolute Gasteiger partial charge is 0.489 e. The van der Waals surface area contributed by atoms with Crippen LogP contribution in [-0.4, -0.2) is 29.8 Å². The quantitative estimate of drug-likeness (QED) is 0.577. The lowest BCUT2D eigenvalue weighted by Crippen LogP contribution is -2.30. The van der Waals surface area contributed by atoms with Gasteiger partial charge in [-0.25, -0.2) is 0 Å². The molecule has 154 valence electrons. The Bertz CT molecular complexity index is 998. The van der Waals surface area contributed by atoms with Gasteiger partial charge in [0.25, 0.3) is 11.8 Å². The van der Waals surface area contributed by atoms with Gasteiger partial charge in [0.05, 0.1) is 0 Å². The van der Waals surface area contributed by atoms with Crippen molar-refractivity contribution in [3.8, 4) is 5.75 Å². The number of hydrogen-bond donors (Lipinski definition) is 1. The van der Waals surface area contributed by atoms with Crippen LogP contribution in [0, 0.1) is 0 Å². The molecular weight excluding hydrogens is 376 g/mol. The molecule has 3 aromatic rings. The summed E-state index contributed by atoms with van der Waals surface area (Å²) in [6, 6.07) is 23.8. The maximum absolute atomic E-state index is 12.9. The van der Waals surface area contributed by atoms with E-state index in [0.717, 1.165) is 11.3 Å². The van der Waals surface area contributed by atoms with Crippen LogP contribution in [0.3, 0.4) is 0 Å². The number of rotatable bonds is 8. The Morgan fingerprint density at radius 3 is 2.30 bits per heavy atom. The summed E-state index contributed by atoms with van der Waals surface area (Å²) < 4.78 is 5.80. The van der Waals surface area contributed by atoms with Gasteiger partial charge in [-0.3, -0.25) is 9.59 Å². The normalized spacial score (nSPS) is 10.3. The summed E-state index contributed by atoms with van der Waals surface area (Å²) in [6.45, 7) is 5.46. The number of carbonyl (C=O) groups excluding carboxylic acids is 2. The lowest BCUT2D eigenvalue weighted by Gasteiger charge is -2.19. The first-order chi connectivity index (χ1) is 14.6. The highest BCUT2D eigenvalue weighted by molar-refractivity contribution is 6.06. The van der Waals surface area contributed by atoms with Gasteiger partial charge in [0, 0.05) is 35.5 Å². The second-order valence-corrected chi connectivity index (χ2v) is 6.77. The first-order valence-corrected chi connectivity index (χ1v) is 10.1. The van der Waals surface area contributed by atoms with Gasteiger partial charge in [0.2, 0.25) is 0 Å². The van der Waals surface area contributed by atoms with Gasteiger partial charge in [-0.2, -0.15) is 0 Å². The fourth-order valence-electron chi connectivity index (χ4n) is 3.17. The topological polar surface area (TPSA) is 58.6 Å². The Balaban J connectivity index is 1.74. The van der Waals surface area contributed by atoms with E-state index in [4.69, 9.17) is 4.74 Å². The number of hydrogen-bond acceptors (Lipinski definition) is 3. The monoisotopic (exact) mass is 402 g/mol. The molecule has 0 saturated carbocycles. The third-order valence-corrected chi connectivity index (χ3v) is 4.82. The van der Waals surface area contributed by atoms with Crippen molar-refractivity contribution in [1.29, 1.82) is 0 Å². The molecule has 0 atom stereocenters. The number of amides is 2. The van der Waals surface area contributed by atoms with Crippen LogP contribution < -0.4 is 10.1 Å². The van der Waals surface area contributed by atoms with Crippen LogP contribution in [0.4, 0.5) is 5.69 Å². The molecule has 0 saturated heterocycles. The first-order valence-electron chi connectivity index (χ1n) is 10.1. The van der Waals surface area contributed by atoms with Crippen LogP contribution in [0.5, 0.6) is 5.75 Å². The zero-order chi connectivity index (χ0) is 21.3. The first kappa shape index (κ1) is 21.1. The zero-order valence-corrected chi connectivity index (χ0v) is 17.3. The van der Waals surface area contributed by atoms with Crippen LogP contribution in [0.1, 0.15) is 40.1 Å². The van der Waals surface area contributed by atoms with E-state index >= 15 is 0 Å². The summed E-state index contributed by atoms with van der Waals surface area (Å²) in [7, 11) is 0. The number of ether oxygens (including phenoxy) is 1. The standard InChI is InChI=1S/C25H26N2O3/c1-3-27(4-2)25(29)19-12-10-13-21(17-19)26-24(28)23-16-9-8-11-20(23)18-30-22-14-6-5-7-15-22/h5-17H,3-4,18H2,1-2H3,(H,26,28). The van der Waals surface area contributed by atoms with Crippen molar-refractivity contribution in [2.24, 2.45) is 0 Å². The van der Waals surface area contributed by atoms with E-state index in [1.807, 2.05) is 62.4 Å². The predicted octanol–water partition coefficient (Wildman–Crippen LogP) is 5.00. The molecule has 0 heterocycles. The van der Waals surface area contributed by atoms with Gasteiger partial charge in [-0.05, 0) is 50.2 Å². The molecule has 0 aliphatic rings. The molecule has 0 aliphatic carbocycles. The minimum atomic E-state index is -0.241. The number of para-hydroxylation sites is 1. The van der Waals surface area contributed by atoms with Gasteiger partial charge in [0.15, 0.2) is 0 Å². The predicted molar refractivity (Wildman–Crippen MR) is 119 cm³/mol. The maximum atomic E-state index is 12.9. The van der Waals surface area contributed by atoms with Crippen LogP contribution in [-0.2, 0) is 6.61 Å². The minimum absolute atomic E-state index is 0.0484. The molecule has 3 aromatic carbocycles. The average Bonchev–Trinajstić information content (AvgIpc) is 2.79. The van der Waals surface area contributed by atoms with E-state index in [1.54, 1.807) is 35.2 Å². The third-order valence-electron chi connectivity index (χ3n) is 4.82. The van der Waals surface area contributed by atoms with Gasteiger partial charge in [0.1, 0.15) is 12.4 Å².